The Kier molecular flexibility index (Phi) is 7.15. The summed E-state index contributed by atoms with van der Waals surface area (Å²) in [6.07, 6.45) is 1.11. The minimum absolute atomic E-state index is 0.109. The molecule has 5 amide bonds. The van der Waals surface area contributed by atoms with Crippen molar-refractivity contribution in [1.82, 2.24) is 25.7 Å². The van der Waals surface area contributed by atoms with Gasteiger partial charge in [-0.3, -0.25) is 25.3 Å². The van der Waals surface area contributed by atoms with Crippen LogP contribution in [0.1, 0.15) is 45.6 Å². The fraction of sp³-hybridized carbons (Fsp3) is 0.583. The van der Waals surface area contributed by atoms with Crippen molar-refractivity contribution in [2.75, 3.05) is 19.6 Å². The molecule has 1 aromatic carbocycles. The molecule has 4 rings (SSSR count). The van der Waals surface area contributed by atoms with E-state index in [-0.39, 0.29) is 31.1 Å². The molecule has 11 nitrogen and oxygen atoms in total. The van der Waals surface area contributed by atoms with Crippen LogP contribution in [0.15, 0.2) is 30.3 Å². The standard InChI is InChI=1S/C24H33N5O6/c1-24(2,3)35-23(33)27-12-11-17(13-27)20(30)25-26-21(31)19-10-9-18-14-28(19)22(32)29(18)34-15-16-7-5-4-6-8-16/h4-8,17-19H,9-15H2,1-3H3,(H,25,30)(H,26,31)/t17-,18-,19+/m1/s1. The summed E-state index contributed by atoms with van der Waals surface area (Å²) >= 11 is 0. The number of nitrogens with zero attached hydrogens (tertiary/aromatic N) is 3. The SMILES string of the molecule is CC(C)(C)OC(=O)N1CC[C@@H](C(=O)NNC(=O)[C@@H]2CC[C@@H]3CN2C(=O)N3OCc2ccccc2)C1. The van der Waals surface area contributed by atoms with Crippen molar-refractivity contribution >= 4 is 23.9 Å². The van der Waals surface area contributed by atoms with Gasteiger partial charge in [-0.1, -0.05) is 30.3 Å². The van der Waals surface area contributed by atoms with Gasteiger partial charge in [0.15, 0.2) is 0 Å². The van der Waals surface area contributed by atoms with E-state index in [1.807, 2.05) is 30.3 Å². The van der Waals surface area contributed by atoms with E-state index in [1.165, 1.54) is 14.9 Å². The first kappa shape index (κ1) is 24.8. The first-order valence-electron chi connectivity index (χ1n) is 12.0. The number of hydrazine groups is 1. The van der Waals surface area contributed by atoms with E-state index < -0.39 is 29.6 Å². The molecular formula is C24H33N5O6. The van der Waals surface area contributed by atoms with Crippen LogP contribution in [-0.2, 0) is 25.8 Å². The van der Waals surface area contributed by atoms with Gasteiger partial charge in [0.05, 0.1) is 12.0 Å². The van der Waals surface area contributed by atoms with Gasteiger partial charge >= 0.3 is 12.1 Å². The minimum Gasteiger partial charge on any atom is -0.444 e. The number of hydroxylamine groups is 2. The first-order chi connectivity index (χ1) is 16.6. The molecule has 3 saturated heterocycles. The number of likely N-dealkylation sites (tertiary alicyclic amines) is 1. The van der Waals surface area contributed by atoms with Crippen molar-refractivity contribution in [3.63, 3.8) is 0 Å². The predicted octanol–water partition coefficient (Wildman–Crippen LogP) is 1.79. The quantitative estimate of drug-likeness (QED) is 0.611. The number of carbonyl (C=O) groups excluding carboxylic acids is 4. The molecule has 190 valence electrons. The summed E-state index contributed by atoms with van der Waals surface area (Å²) in [4.78, 5) is 59.2. The lowest BCUT2D eigenvalue weighted by Gasteiger charge is -2.29. The predicted molar refractivity (Wildman–Crippen MR) is 124 cm³/mol. The van der Waals surface area contributed by atoms with Gasteiger partial charge in [-0.05, 0) is 45.6 Å². The van der Waals surface area contributed by atoms with Crippen LogP contribution in [0.2, 0.25) is 0 Å². The summed E-state index contributed by atoms with van der Waals surface area (Å²) in [5, 5.41) is 1.36. The Hall–Kier alpha value is -3.34. The summed E-state index contributed by atoms with van der Waals surface area (Å²) in [5.41, 5.74) is 5.26. The normalized spacial score (nSPS) is 23.9. The Morgan fingerprint density at radius 2 is 1.71 bits per heavy atom. The fourth-order valence-electron chi connectivity index (χ4n) is 4.56. The van der Waals surface area contributed by atoms with Gasteiger partial charge in [-0.25, -0.2) is 9.59 Å². The highest BCUT2D eigenvalue weighted by Crippen LogP contribution is 2.30. The van der Waals surface area contributed by atoms with Gasteiger partial charge in [-0.15, -0.1) is 0 Å². The zero-order valence-corrected chi connectivity index (χ0v) is 20.4. The second-order valence-electron chi connectivity index (χ2n) is 10.2. The maximum absolute atomic E-state index is 12.9. The molecule has 2 N–H and O–H groups in total. The highest BCUT2D eigenvalue weighted by atomic mass is 16.7. The van der Waals surface area contributed by atoms with Crippen LogP contribution in [0, 0.1) is 5.92 Å². The smallest absolute Gasteiger partial charge is 0.410 e. The summed E-state index contributed by atoms with van der Waals surface area (Å²) in [6.45, 7) is 6.65. The number of fused-ring (bicyclic) bond motifs is 2. The lowest BCUT2D eigenvalue weighted by Crippen LogP contribution is -2.55. The number of hydrogen-bond acceptors (Lipinski definition) is 6. The molecule has 3 aliphatic heterocycles. The molecule has 0 spiro atoms. The number of rotatable bonds is 5. The zero-order valence-electron chi connectivity index (χ0n) is 20.4. The van der Waals surface area contributed by atoms with E-state index in [2.05, 4.69) is 10.9 Å². The molecular weight excluding hydrogens is 454 g/mol. The number of urea groups is 1. The molecule has 0 aliphatic carbocycles. The zero-order chi connectivity index (χ0) is 25.2. The van der Waals surface area contributed by atoms with Gasteiger partial charge in [0.25, 0.3) is 5.91 Å². The van der Waals surface area contributed by atoms with Crippen LogP contribution in [0.5, 0.6) is 0 Å². The average molecular weight is 488 g/mol. The number of piperidine rings is 1. The van der Waals surface area contributed by atoms with Gasteiger partial charge in [0.2, 0.25) is 5.91 Å². The molecule has 3 heterocycles. The van der Waals surface area contributed by atoms with E-state index in [4.69, 9.17) is 9.57 Å². The monoisotopic (exact) mass is 487 g/mol. The highest BCUT2D eigenvalue weighted by molar-refractivity contribution is 5.90. The molecule has 0 unspecified atom stereocenters. The van der Waals surface area contributed by atoms with Crippen molar-refractivity contribution < 1.29 is 28.8 Å². The van der Waals surface area contributed by atoms with E-state index in [9.17, 15) is 19.2 Å². The van der Waals surface area contributed by atoms with Crippen LogP contribution in [0.3, 0.4) is 0 Å². The van der Waals surface area contributed by atoms with Crippen molar-refractivity contribution in [1.29, 1.82) is 0 Å². The summed E-state index contributed by atoms with van der Waals surface area (Å²) in [7, 11) is 0. The lowest BCUT2D eigenvalue weighted by atomic mass is 10.0. The maximum atomic E-state index is 12.9. The highest BCUT2D eigenvalue weighted by Gasteiger charge is 2.48. The van der Waals surface area contributed by atoms with Crippen LogP contribution >= 0.6 is 0 Å². The Morgan fingerprint density at radius 3 is 2.43 bits per heavy atom. The van der Waals surface area contributed by atoms with Crippen LogP contribution in [0.25, 0.3) is 0 Å². The van der Waals surface area contributed by atoms with E-state index in [0.29, 0.717) is 32.4 Å². The van der Waals surface area contributed by atoms with Gasteiger partial charge < -0.3 is 14.5 Å². The summed E-state index contributed by atoms with van der Waals surface area (Å²) < 4.78 is 5.35. The molecule has 2 bridgehead atoms. The lowest BCUT2D eigenvalue weighted by molar-refractivity contribution is -0.140. The van der Waals surface area contributed by atoms with Crippen molar-refractivity contribution in [2.24, 2.45) is 5.92 Å². The van der Waals surface area contributed by atoms with Crippen molar-refractivity contribution in [3.05, 3.63) is 35.9 Å². The summed E-state index contributed by atoms with van der Waals surface area (Å²) in [5.74, 6) is -1.27. The number of amides is 5. The maximum Gasteiger partial charge on any atom is 0.410 e. The topological polar surface area (TPSA) is 121 Å². The Bertz CT molecular complexity index is 965. The largest absolute Gasteiger partial charge is 0.444 e. The van der Waals surface area contributed by atoms with Crippen LogP contribution in [0.4, 0.5) is 9.59 Å². The molecule has 35 heavy (non-hydrogen) atoms. The second-order valence-corrected chi connectivity index (χ2v) is 10.2. The minimum atomic E-state index is -0.689. The second kappa shape index (κ2) is 10.1. The molecule has 3 fully saturated rings. The third-order valence-corrected chi connectivity index (χ3v) is 6.36. The fourth-order valence-corrected chi connectivity index (χ4v) is 4.56. The Balaban J connectivity index is 1.24. The molecule has 11 heteroatoms. The van der Waals surface area contributed by atoms with Gasteiger partial charge in [0, 0.05) is 19.6 Å². The molecule has 0 saturated carbocycles. The van der Waals surface area contributed by atoms with Crippen molar-refractivity contribution in [3.8, 4) is 0 Å². The molecule has 3 aliphatic rings. The molecule has 1 aromatic rings. The number of hydrogen-bond donors (Lipinski definition) is 2. The van der Waals surface area contributed by atoms with Gasteiger partial charge in [-0.2, -0.15) is 5.06 Å². The van der Waals surface area contributed by atoms with Crippen LogP contribution in [-0.4, -0.2) is 76.1 Å². The number of ether oxygens (including phenoxy) is 1. The molecule has 0 radical (unpaired) electrons. The number of nitrogens with one attached hydrogen (secondary N) is 2. The third kappa shape index (κ3) is 5.84. The summed E-state index contributed by atoms with van der Waals surface area (Å²) in [6, 6.07) is 8.41. The van der Waals surface area contributed by atoms with Crippen LogP contribution < -0.4 is 10.9 Å². The van der Waals surface area contributed by atoms with Crippen molar-refractivity contribution in [2.45, 2.75) is 64.3 Å². The van der Waals surface area contributed by atoms with E-state index in [0.717, 1.165) is 5.56 Å². The third-order valence-electron chi connectivity index (χ3n) is 6.36. The Morgan fingerprint density at radius 1 is 1.00 bits per heavy atom. The number of benzene rings is 1. The average Bonchev–Trinajstić information content (AvgIpc) is 3.40. The van der Waals surface area contributed by atoms with E-state index in [1.54, 1.807) is 20.8 Å². The van der Waals surface area contributed by atoms with Gasteiger partial charge in [0.1, 0.15) is 18.2 Å². The van der Waals surface area contributed by atoms with E-state index >= 15 is 0 Å². The molecule has 0 aromatic heterocycles. The molecule has 3 atom stereocenters. The Labute approximate surface area is 204 Å². The first-order valence-corrected chi connectivity index (χ1v) is 12.0. The number of carbonyl (C=O) groups is 4.